The first-order chi connectivity index (χ1) is 21.5. The molecule has 1 aliphatic heterocycles. The van der Waals surface area contributed by atoms with Crippen LogP contribution >= 0.6 is 0 Å². The molecule has 0 spiro atoms. The number of amides is 1. The van der Waals surface area contributed by atoms with Gasteiger partial charge in [-0.15, -0.1) is 12.3 Å². The largest absolute Gasteiger partial charge is 0.349 e. The topological polar surface area (TPSA) is 83.3 Å². The highest BCUT2D eigenvalue weighted by atomic mass is 19.3. The minimum atomic E-state index is -2.65. The molecule has 1 aliphatic carbocycles. The second-order valence-corrected chi connectivity index (χ2v) is 13.5. The van der Waals surface area contributed by atoms with Crippen molar-refractivity contribution in [2.75, 3.05) is 6.54 Å². The SMILES string of the molecule is C#CCCCCCCCCC(=N)N(C(C)=N)C(C)CC1CCC(C)N1CCC(NC(=O)C1CCC(F)(F)CC1)c1ccccc1. The van der Waals surface area contributed by atoms with Crippen LogP contribution in [0, 0.1) is 29.1 Å². The Morgan fingerprint density at radius 1 is 1.07 bits per heavy atom. The number of nitrogens with one attached hydrogen (secondary N) is 3. The van der Waals surface area contributed by atoms with Gasteiger partial charge in [0.1, 0.15) is 5.84 Å². The Balaban J connectivity index is 1.56. The number of amidine groups is 2. The van der Waals surface area contributed by atoms with Gasteiger partial charge in [0.05, 0.1) is 11.9 Å². The van der Waals surface area contributed by atoms with Crippen LogP contribution in [0.2, 0.25) is 0 Å². The molecule has 1 amide bonds. The Kier molecular flexibility index (Phi) is 15.0. The second kappa shape index (κ2) is 18.4. The molecule has 3 N–H and O–H groups in total. The number of terminal acetylenes is 1. The summed E-state index contributed by atoms with van der Waals surface area (Å²) in [6.45, 7) is 6.99. The Morgan fingerprint density at radius 3 is 2.36 bits per heavy atom. The molecule has 6 nitrogen and oxygen atoms in total. The molecule has 2 aliphatic rings. The standard InChI is InChI=1S/C37H57F2N5O/c1-5-6-7-8-9-10-11-15-18-35(41)44(30(4)40)29(3)27-33-20-19-28(2)43(33)26-23-34(31-16-13-12-14-17-31)42-36(45)32-21-24-37(38,39)25-22-32/h1,12-14,16-17,28-29,32-34,40-41H,6-11,15,18-27H2,2-4H3,(H,42,45). The van der Waals surface area contributed by atoms with Gasteiger partial charge in [0.25, 0.3) is 0 Å². The fourth-order valence-corrected chi connectivity index (χ4v) is 7.30. The van der Waals surface area contributed by atoms with E-state index in [0.29, 0.717) is 30.2 Å². The molecule has 1 aromatic rings. The molecule has 8 heteroatoms. The zero-order valence-electron chi connectivity index (χ0n) is 27.9. The van der Waals surface area contributed by atoms with Crippen molar-refractivity contribution in [3.8, 4) is 12.3 Å². The summed E-state index contributed by atoms with van der Waals surface area (Å²) in [4.78, 5) is 17.7. The fraction of sp³-hybridized carbons (Fsp3) is 0.703. The van der Waals surface area contributed by atoms with Crippen LogP contribution < -0.4 is 5.32 Å². The molecule has 2 fully saturated rings. The number of carbonyl (C=O) groups is 1. The van der Waals surface area contributed by atoms with Crippen LogP contribution in [-0.2, 0) is 4.79 Å². The number of benzene rings is 1. The molecular formula is C37H57F2N5O. The van der Waals surface area contributed by atoms with E-state index in [-0.39, 0.29) is 49.6 Å². The molecule has 0 radical (unpaired) electrons. The number of rotatable bonds is 17. The van der Waals surface area contributed by atoms with Crippen LogP contribution in [0.25, 0.3) is 0 Å². The number of likely N-dealkylation sites (tertiary alicyclic amines) is 1. The molecule has 1 heterocycles. The van der Waals surface area contributed by atoms with Crippen molar-refractivity contribution in [3.63, 3.8) is 0 Å². The van der Waals surface area contributed by atoms with Crippen LogP contribution in [0.1, 0.15) is 135 Å². The molecule has 1 saturated carbocycles. The first-order valence-corrected chi connectivity index (χ1v) is 17.4. The quantitative estimate of drug-likeness (QED) is 0.0701. The lowest BCUT2D eigenvalue weighted by atomic mass is 9.86. The molecule has 4 atom stereocenters. The highest BCUT2D eigenvalue weighted by molar-refractivity contribution is 5.97. The molecule has 250 valence electrons. The summed E-state index contributed by atoms with van der Waals surface area (Å²) in [7, 11) is 0. The van der Waals surface area contributed by atoms with Crippen molar-refractivity contribution in [1.82, 2.24) is 15.1 Å². The average molecular weight is 626 g/mol. The van der Waals surface area contributed by atoms with Crippen molar-refractivity contribution in [2.24, 2.45) is 5.92 Å². The third-order valence-corrected chi connectivity index (χ3v) is 9.93. The third kappa shape index (κ3) is 11.8. The first kappa shape index (κ1) is 36.7. The maximum atomic E-state index is 13.7. The molecule has 1 saturated heterocycles. The Hall–Kier alpha value is -2.79. The number of hydrogen-bond acceptors (Lipinski definition) is 4. The minimum Gasteiger partial charge on any atom is -0.349 e. The number of halogens is 2. The number of carbonyl (C=O) groups excluding carboxylic acids is 1. The summed E-state index contributed by atoms with van der Waals surface area (Å²) in [6, 6.07) is 10.6. The summed E-state index contributed by atoms with van der Waals surface area (Å²) < 4.78 is 27.4. The van der Waals surface area contributed by atoms with Gasteiger partial charge >= 0.3 is 0 Å². The lowest BCUT2D eigenvalue weighted by Gasteiger charge is -2.36. The highest BCUT2D eigenvalue weighted by Gasteiger charge is 2.38. The summed E-state index contributed by atoms with van der Waals surface area (Å²) in [5.41, 5.74) is 1.04. The maximum absolute atomic E-state index is 13.7. The molecular weight excluding hydrogens is 568 g/mol. The molecule has 0 aromatic heterocycles. The second-order valence-electron chi connectivity index (χ2n) is 13.5. The van der Waals surface area contributed by atoms with Gasteiger partial charge in [-0.3, -0.25) is 20.5 Å². The van der Waals surface area contributed by atoms with E-state index in [1.165, 1.54) is 12.8 Å². The van der Waals surface area contributed by atoms with E-state index < -0.39 is 5.92 Å². The van der Waals surface area contributed by atoms with E-state index in [2.05, 4.69) is 30.0 Å². The Morgan fingerprint density at radius 2 is 1.71 bits per heavy atom. The number of nitrogens with zero attached hydrogens (tertiary/aromatic N) is 2. The van der Waals surface area contributed by atoms with Gasteiger partial charge in [-0.2, -0.15) is 0 Å². The van der Waals surface area contributed by atoms with Crippen molar-refractivity contribution in [1.29, 1.82) is 10.8 Å². The average Bonchev–Trinajstić information content (AvgIpc) is 3.34. The van der Waals surface area contributed by atoms with Crippen LogP contribution in [0.15, 0.2) is 30.3 Å². The van der Waals surface area contributed by atoms with Crippen LogP contribution in [-0.4, -0.2) is 58.0 Å². The lowest BCUT2D eigenvalue weighted by Crippen LogP contribution is -2.46. The minimum absolute atomic E-state index is 0.0469. The summed E-state index contributed by atoms with van der Waals surface area (Å²) in [6.07, 6.45) is 17.3. The zero-order chi connectivity index (χ0) is 32.8. The van der Waals surface area contributed by atoms with E-state index >= 15 is 0 Å². The summed E-state index contributed by atoms with van der Waals surface area (Å²) >= 11 is 0. The first-order valence-electron chi connectivity index (χ1n) is 17.4. The van der Waals surface area contributed by atoms with Gasteiger partial charge in [0.2, 0.25) is 11.8 Å². The van der Waals surface area contributed by atoms with Gasteiger partial charge in [0.15, 0.2) is 0 Å². The predicted molar refractivity (Wildman–Crippen MR) is 181 cm³/mol. The molecule has 0 bridgehead atoms. The number of unbranched alkanes of at least 4 members (excludes halogenated alkanes) is 6. The van der Waals surface area contributed by atoms with Crippen LogP contribution in [0.5, 0.6) is 0 Å². The zero-order valence-corrected chi connectivity index (χ0v) is 27.9. The van der Waals surface area contributed by atoms with E-state index in [9.17, 15) is 13.6 Å². The van der Waals surface area contributed by atoms with Crippen LogP contribution in [0.4, 0.5) is 8.78 Å². The molecule has 4 unspecified atom stereocenters. The summed E-state index contributed by atoms with van der Waals surface area (Å²) in [5, 5.41) is 20.5. The normalized spacial score (nSPS) is 21.5. The maximum Gasteiger partial charge on any atom is 0.248 e. The van der Waals surface area contributed by atoms with Crippen molar-refractivity contribution in [2.45, 2.75) is 154 Å². The predicted octanol–water partition coefficient (Wildman–Crippen LogP) is 8.72. The smallest absolute Gasteiger partial charge is 0.248 e. The monoisotopic (exact) mass is 625 g/mol. The summed E-state index contributed by atoms with van der Waals surface area (Å²) in [5.74, 6) is 0.528. The van der Waals surface area contributed by atoms with Gasteiger partial charge in [-0.25, -0.2) is 8.78 Å². The van der Waals surface area contributed by atoms with E-state index in [1.807, 2.05) is 35.2 Å². The molecule has 1 aromatic carbocycles. The van der Waals surface area contributed by atoms with Crippen LogP contribution in [0.3, 0.4) is 0 Å². The van der Waals surface area contributed by atoms with Gasteiger partial charge in [-0.1, -0.05) is 56.0 Å². The third-order valence-electron chi connectivity index (χ3n) is 9.93. The van der Waals surface area contributed by atoms with Gasteiger partial charge < -0.3 is 10.2 Å². The molecule has 45 heavy (non-hydrogen) atoms. The van der Waals surface area contributed by atoms with E-state index in [4.69, 9.17) is 17.2 Å². The number of hydrogen-bond donors (Lipinski definition) is 3. The van der Waals surface area contributed by atoms with E-state index in [0.717, 1.165) is 69.9 Å². The Labute approximate surface area is 271 Å². The van der Waals surface area contributed by atoms with E-state index in [1.54, 1.807) is 6.92 Å². The molecule has 3 rings (SSSR count). The number of alkyl halides is 2. The van der Waals surface area contributed by atoms with Crippen molar-refractivity contribution in [3.05, 3.63) is 35.9 Å². The van der Waals surface area contributed by atoms with Gasteiger partial charge in [0, 0.05) is 56.3 Å². The Bertz CT molecular complexity index is 1110. The van der Waals surface area contributed by atoms with Crippen molar-refractivity contribution < 1.29 is 13.6 Å². The fourth-order valence-electron chi connectivity index (χ4n) is 7.30. The van der Waals surface area contributed by atoms with Gasteiger partial charge in [-0.05, 0) is 77.7 Å². The van der Waals surface area contributed by atoms with Crippen molar-refractivity contribution >= 4 is 17.6 Å². The highest BCUT2D eigenvalue weighted by Crippen LogP contribution is 2.37. The lowest BCUT2D eigenvalue weighted by molar-refractivity contribution is -0.130.